The largest absolute Gasteiger partial charge is 0.481 e. The van der Waals surface area contributed by atoms with Crippen molar-refractivity contribution in [3.05, 3.63) is 59.4 Å². The molecule has 0 aliphatic rings. The molecule has 0 aliphatic heterocycles. The van der Waals surface area contributed by atoms with Crippen LogP contribution in [0.1, 0.15) is 12.5 Å². The molecule has 0 saturated carbocycles. The van der Waals surface area contributed by atoms with Gasteiger partial charge in [0.1, 0.15) is 5.75 Å². The third-order valence-corrected chi connectivity index (χ3v) is 2.84. The summed E-state index contributed by atoms with van der Waals surface area (Å²) in [5.74, 6) is 0.232. The molecular formula is C15H14ClN3O2. The molecule has 0 bridgehead atoms. The number of hydrogen-bond donors (Lipinski definition) is 1. The van der Waals surface area contributed by atoms with Crippen LogP contribution in [0.25, 0.3) is 0 Å². The monoisotopic (exact) mass is 303 g/mol. The van der Waals surface area contributed by atoms with Crippen LogP contribution in [0.2, 0.25) is 5.02 Å². The van der Waals surface area contributed by atoms with Crippen LogP contribution in [0.3, 0.4) is 0 Å². The maximum atomic E-state index is 11.8. The molecule has 5 nitrogen and oxygen atoms in total. The molecule has 1 N–H and O–H groups in total. The first-order chi connectivity index (χ1) is 10.1. The van der Waals surface area contributed by atoms with Crippen molar-refractivity contribution >= 4 is 23.7 Å². The second kappa shape index (κ2) is 7.40. The molecule has 0 fully saturated rings. The van der Waals surface area contributed by atoms with E-state index in [1.807, 2.05) is 0 Å². The fourth-order valence-electron chi connectivity index (χ4n) is 1.48. The van der Waals surface area contributed by atoms with Crippen molar-refractivity contribution in [2.75, 3.05) is 0 Å². The second-order valence-electron chi connectivity index (χ2n) is 4.23. The number of benzene rings is 1. The molecular weight excluding hydrogens is 290 g/mol. The third-order valence-electron chi connectivity index (χ3n) is 2.59. The van der Waals surface area contributed by atoms with E-state index in [-0.39, 0.29) is 5.91 Å². The lowest BCUT2D eigenvalue weighted by Crippen LogP contribution is -2.33. The SMILES string of the molecule is C[C@H](Oc1ccc(Cl)cc1)C(=O)N/N=C/c1ccncc1. The quantitative estimate of drug-likeness (QED) is 0.682. The van der Waals surface area contributed by atoms with Crippen molar-refractivity contribution in [3.8, 4) is 5.75 Å². The van der Waals surface area contributed by atoms with Crippen molar-refractivity contribution < 1.29 is 9.53 Å². The van der Waals surface area contributed by atoms with Gasteiger partial charge in [-0.15, -0.1) is 0 Å². The number of hydrogen-bond acceptors (Lipinski definition) is 4. The first-order valence-electron chi connectivity index (χ1n) is 6.30. The van der Waals surface area contributed by atoms with E-state index < -0.39 is 6.10 Å². The van der Waals surface area contributed by atoms with E-state index in [9.17, 15) is 4.79 Å². The van der Waals surface area contributed by atoms with Gasteiger partial charge >= 0.3 is 0 Å². The lowest BCUT2D eigenvalue weighted by molar-refractivity contribution is -0.127. The number of halogens is 1. The smallest absolute Gasteiger partial charge is 0.280 e. The van der Waals surface area contributed by atoms with Crippen molar-refractivity contribution in [2.24, 2.45) is 5.10 Å². The minimum Gasteiger partial charge on any atom is -0.481 e. The molecule has 6 heteroatoms. The minimum absolute atomic E-state index is 0.338. The van der Waals surface area contributed by atoms with E-state index in [0.29, 0.717) is 10.8 Å². The molecule has 1 atom stereocenters. The first-order valence-corrected chi connectivity index (χ1v) is 6.68. The fourth-order valence-corrected chi connectivity index (χ4v) is 1.61. The molecule has 21 heavy (non-hydrogen) atoms. The van der Waals surface area contributed by atoms with Gasteiger partial charge in [-0.05, 0) is 48.9 Å². The Morgan fingerprint density at radius 1 is 1.29 bits per heavy atom. The minimum atomic E-state index is -0.666. The highest BCUT2D eigenvalue weighted by Crippen LogP contribution is 2.16. The molecule has 0 saturated heterocycles. The number of rotatable bonds is 5. The standard InChI is InChI=1S/C15H14ClN3O2/c1-11(21-14-4-2-13(16)3-5-14)15(20)19-18-10-12-6-8-17-9-7-12/h2-11H,1H3,(H,19,20)/b18-10+/t11-/m0/s1. The predicted octanol–water partition coefficient (Wildman–Crippen LogP) is 2.65. The number of carbonyl (C=O) groups excluding carboxylic acids is 1. The molecule has 0 spiro atoms. The molecule has 1 amide bonds. The maximum absolute atomic E-state index is 11.8. The average Bonchev–Trinajstić information content (AvgIpc) is 2.50. The molecule has 1 aromatic carbocycles. The maximum Gasteiger partial charge on any atom is 0.280 e. The van der Waals surface area contributed by atoms with Crippen LogP contribution >= 0.6 is 11.6 Å². The van der Waals surface area contributed by atoms with Gasteiger partial charge in [-0.3, -0.25) is 9.78 Å². The van der Waals surface area contributed by atoms with Crippen LogP contribution in [0, 0.1) is 0 Å². The van der Waals surface area contributed by atoms with Crippen LogP contribution in [0.5, 0.6) is 5.75 Å². The summed E-state index contributed by atoms with van der Waals surface area (Å²) in [6, 6.07) is 10.4. The molecule has 1 aromatic heterocycles. The number of ether oxygens (including phenoxy) is 1. The van der Waals surface area contributed by atoms with Crippen LogP contribution < -0.4 is 10.2 Å². The molecule has 0 radical (unpaired) electrons. The summed E-state index contributed by atoms with van der Waals surface area (Å²) in [5, 5.41) is 4.48. The van der Waals surface area contributed by atoms with Crippen molar-refractivity contribution in [1.29, 1.82) is 0 Å². The summed E-state index contributed by atoms with van der Waals surface area (Å²) in [4.78, 5) is 15.7. The van der Waals surface area contributed by atoms with E-state index in [0.717, 1.165) is 5.56 Å². The van der Waals surface area contributed by atoms with E-state index in [2.05, 4.69) is 15.5 Å². The Balaban J connectivity index is 1.85. The highest BCUT2D eigenvalue weighted by molar-refractivity contribution is 6.30. The van der Waals surface area contributed by atoms with Gasteiger partial charge in [0.25, 0.3) is 5.91 Å². The number of pyridine rings is 1. The van der Waals surface area contributed by atoms with E-state index in [4.69, 9.17) is 16.3 Å². The zero-order valence-electron chi connectivity index (χ0n) is 11.4. The zero-order chi connectivity index (χ0) is 15.1. The molecule has 1 heterocycles. The third kappa shape index (κ3) is 4.89. The highest BCUT2D eigenvalue weighted by atomic mass is 35.5. The zero-order valence-corrected chi connectivity index (χ0v) is 12.1. The number of amides is 1. The summed E-state index contributed by atoms with van der Waals surface area (Å²) in [6.45, 7) is 1.64. The summed E-state index contributed by atoms with van der Waals surface area (Å²) in [5.41, 5.74) is 3.27. The Kier molecular flexibility index (Phi) is 5.29. The lowest BCUT2D eigenvalue weighted by Gasteiger charge is -2.12. The van der Waals surface area contributed by atoms with Gasteiger partial charge in [0.2, 0.25) is 0 Å². The number of hydrazone groups is 1. The van der Waals surface area contributed by atoms with Gasteiger partial charge in [-0.2, -0.15) is 5.10 Å². The van der Waals surface area contributed by atoms with Crippen LogP contribution in [-0.2, 0) is 4.79 Å². The van der Waals surface area contributed by atoms with Gasteiger partial charge in [-0.25, -0.2) is 5.43 Å². The van der Waals surface area contributed by atoms with Gasteiger partial charge in [-0.1, -0.05) is 11.6 Å². The Hall–Kier alpha value is -2.40. The van der Waals surface area contributed by atoms with Crippen molar-refractivity contribution in [3.63, 3.8) is 0 Å². The Labute approximate surface area is 127 Å². The predicted molar refractivity (Wildman–Crippen MR) is 81.5 cm³/mol. The van der Waals surface area contributed by atoms with Crippen LogP contribution in [0.4, 0.5) is 0 Å². The van der Waals surface area contributed by atoms with E-state index >= 15 is 0 Å². The Morgan fingerprint density at radius 2 is 1.95 bits per heavy atom. The summed E-state index contributed by atoms with van der Waals surface area (Å²) in [7, 11) is 0. The van der Waals surface area contributed by atoms with Gasteiger partial charge in [0, 0.05) is 17.4 Å². The average molecular weight is 304 g/mol. The van der Waals surface area contributed by atoms with E-state index in [1.54, 1.807) is 55.7 Å². The van der Waals surface area contributed by atoms with Gasteiger partial charge < -0.3 is 4.74 Å². The summed E-state index contributed by atoms with van der Waals surface area (Å²) >= 11 is 5.78. The van der Waals surface area contributed by atoms with Crippen LogP contribution in [0.15, 0.2) is 53.9 Å². The molecule has 108 valence electrons. The molecule has 2 aromatic rings. The number of nitrogens with one attached hydrogen (secondary N) is 1. The molecule has 2 rings (SSSR count). The highest BCUT2D eigenvalue weighted by Gasteiger charge is 2.13. The Morgan fingerprint density at radius 3 is 2.62 bits per heavy atom. The van der Waals surface area contributed by atoms with E-state index in [1.165, 1.54) is 6.21 Å². The lowest BCUT2D eigenvalue weighted by atomic mass is 10.3. The Bertz CT molecular complexity index is 615. The molecule has 0 aliphatic carbocycles. The van der Waals surface area contributed by atoms with Gasteiger partial charge in [0.15, 0.2) is 6.10 Å². The van der Waals surface area contributed by atoms with Crippen molar-refractivity contribution in [1.82, 2.24) is 10.4 Å². The first kappa shape index (κ1) is 15.0. The normalized spacial score (nSPS) is 12.1. The fraction of sp³-hybridized carbons (Fsp3) is 0.133. The number of nitrogens with zero attached hydrogens (tertiary/aromatic N) is 2. The van der Waals surface area contributed by atoms with Gasteiger partial charge in [0.05, 0.1) is 6.21 Å². The summed E-state index contributed by atoms with van der Waals surface area (Å²) in [6.07, 6.45) is 4.17. The number of aromatic nitrogens is 1. The molecule has 0 unspecified atom stereocenters. The van der Waals surface area contributed by atoms with Crippen molar-refractivity contribution in [2.45, 2.75) is 13.0 Å². The second-order valence-corrected chi connectivity index (χ2v) is 4.67. The van der Waals surface area contributed by atoms with Crippen LogP contribution in [-0.4, -0.2) is 23.2 Å². The topological polar surface area (TPSA) is 63.6 Å². The summed E-state index contributed by atoms with van der Waals surface area (Å²) < 4.78 is 5.48. The number of carbonyl (C=O) groups is 1.